The van der Waals surface area contributed by atoms with Crippen LogP contribution in [0.3, 0.4) is 0 Å². The first-order valence-electron chi connectivity index (χ1n) is 6.41. The number of hydrogen-bond acceptors (Lipinski definition) is 2. The Morgan fingerprint density at radius 2 is 2.11 bits per heavy atom. The van der Waals surface area contributed by atoms with E-state index in [4.69, 9.17) is 0 Å². The van der Waals surface area contributed by atoms with Gasteiger partial charge in [0.2, 0.25) is 0 Å². The summed E-state index contributed by atoms with van der Waals surface area (Å²) >= 11 is 3.34. The fourth-order valence-corrected chi connectivity index (χ4v) is 2.50. The maximum atomic E-state index is 12.3. The van der Waals surface area contributed by atoms with Gasteiger partial charge >= 0.3 is 0 Å². The number of benzene rings is 1. The molecule has 0 spiro atoms. The Hall–Kier alpha value is -1.42. The molecule has 2 rings (SSSR count). The average Bonchev–Trinajstić information content (AvgIpc) is 2.42. The zero-order valence-electron chi connectivity index (χ0n) is 11.4. The minimum atomic E-state index is -0.0623. The van der Waals surface area contributed by atoms with Crippen molar-refractivity contribution in [2.24, 2.45) is 0 Å². The van der Waals surface area contributed by atoms with Crippen molar-refractivity contribution >= 4 is 15.9 Å². The molecule has 0 N–H and O–H groups in total. The molecule has 0 aliphatic carbocycles. The third kappa shape index (κ3) is 2.78. The van der Waals surface area contributed by atoms with E-state index in [2.05, 4.69) is 40.8 Å². The monoisotopic (exact) mass is 320 g/mol. The van der Waals surface area contributed by atoms with Gasteiger partial charge in [-0.1, -0.05) is 32.9 Å². The van der Waals surface area contributed by atoms with Crippen molar-refractivity contribution in [3.63, 3.8) is 0 Å². The van der Waals surface area contributed by atoms with Crippen LogP contribution in [-0.2, 0) is 6.42 Å². The van der Waals surface area contributed by atoms with Gasteiger partial charge in [0.15, 0.2) is 0 Å². The molecule has 19 heavy (non-hydrogen) atoms. The molecule has 1 heterocycles. The predicted molar refractivity (Wildman–Crippen MR) is 81.0 cm³/mol. The van der Waals surface area contributed by atoms with E-state index >= 15 is 0 Å². The van der Waals surface area contributed by atoms with Crippen molar-refractivity contribution in [2.45, 2.75) is 33.1 Å². The molecule has 0 saturated carbocycles. The van der Waals surface area contributed by atoms with Gasteiger partial charge in [-0.3, -0.25) is 9.36 Å². The number of halogens is 1. The third-order valence-electron chi connectivity index (χ3n) is 3.14. The summed E-state index contributed by atoms with van der Waals surface area (Å²) in [5.74, 6) is 0.432. The second-order valence-electron chi connectivity index (χ2n) is 4.78. The molecule has 0 fully saturated rings. The van der Waals surface area contributed by atoms with Crippen LogP contribution in [0, 0.1) is 0 Å². The van der Waals surface area contributed by atoms with Crippen molar-refractivity contribution in [3.8, 4) is 5.69 Å². The van der Waals surface area contributed by atoms with E-state index in [-0.39, 0.29) is 5.56 Å². The highest BCUT2D eigenvalue weighted by Gasteiger charge is 2.09. The molecule has 0 aliphatic heterocycles. The van der Waals surface area contributed by atoms with Crippen molar-refractivity contribution in [3.05, 3.63) is 56.7 Å². The Labute approximate surface area is 121 Å². The van der Waals surface area contributed by atoms with Gasteiger partial charge in [-0.15, -0.1) is 0 Å². The normalized spacial score (nSPS) is 11.0. The first-order chi connectivity index (χ1) is 9.04. The molecule has 0 aliphatic rings. The summed E-state index contributed by atoms with van der Waals surface area (Å²) in [7, 11) is 0. The van der Waals surface area contributed by atoms with Crippen LogP contribution in [0.25, 0.3) is 5.69 Å². The van der Waals surface area contributed by atoms with Gasteiger partial charge in [0.25, 0.3) is 5.56 Å². The summed E-state index contributed by atoms with van der Waals surface area (Å²) in [6.07, 6.45) is 2.34. The fourth-order valence-electron chi connectivity index (χ4n) is 1.93. The van der Waals surface area contributed by atoms with E-state index in [0.717, 1.165) is 17.8 Å². The maximum Gasteiger partial charge on any atom is 0.272 e. The van der Waals surface area contributed by atoms with Crippen LogP contribution < -0.4 is 5.56 Å². The summed E-state index contributed by atoms with van der Waals surface area (Å²) in [5, 5.41) is 0. The van der Waals surface area contributed by atoms with Gasteiger partial charge in [0, 0.05) is 0 Å². The Morgan fingerprint density at radius 1 is 1.37 bits per heavy atom. The van der Waals surface area contributed by atoms with Crippen LogP contribution >= 0.6 is 15.9 Å². The summed E-state index contributed by atoms with van der Waals surface area (Å²) in [6.45, 7) is 6.25. The number of aromatic nitrogens is 2. The molecule has 1 aromatic heterocycles. The SMILES string of the molecule is CCc1ncn(-c2cccc(C(C)C)c2)c(=O)c1Br. The lowest BCUT2D eigenvalue weighted by atomic mass is 10.0. The molecule has 1 aromatic carbocycles. The highest BCUT2D eigenvalue weighted by Crippen LogP contribution is 2.18. The lowest BCUT2D eigenvalue weighted by Crippen LogP contribution is -2.21. The molecule has 0 bridgehead atoms. The molecule has 0 saturated heterocycles. The van der Waals surface area contributed by atoms with Gasteiger partial charge in [-0.05, 0) is 46.0 Å². The van der Waals surface area contributed by atoms with Crippen molar-refractivity contribution in [1.82, 2.24) is 9.55 Å². The largest absolute Gasteiger partial charge is 0.272 e. The minimum absolute atomic E-state index is 0.0623. The standard InChI is InChI=1S/C15H17BrN2O/c1-4-13-14(16)15(19)18(9-17-13)12-7-5-6-11(8-12)10(2)3/h5-10H,4H2,1-3H3. The van der Waals surface area contributed by atoms with Crippen LogP contribution in [0.2, 0.25) is 0 Å². The maximum absolute atomic E-state index is 12.3. The molecule has 0 amide bonds. The first-order valence-corrected chi connectivity index (χ1v) is 7.20. The van der Waals surface area contributed by atoms with E-state index < -0.39 is 0 Å². The van der Waals surface area contributed by atoms with Gasteiger partial charge in [0.1, 0.15) is 10.8 Å². The van der Waals surface area contributed by atoms with Gasteiger partial charge in [-0.25, -0.2) is 4.98 Å². The van der Waals surface area contributed by atoms with Crippen molar-refractivity contribution < 1.29 is 0 Å². The van der Waals surface area contributed by atoms with Crippen LogP contribution in [0.4, 0.5) is 0 Å². The van der Waals surface area contributed by atoms with Crippen molar-refractivity contribution in [1.29, 1.82) is 0 Å². The topological polar surface area (TPSA) is 34.9 Å². The number of aryl methyl sites for hydroxylation is 1. The number of nitrogens with zero attached hydrogens (tertiary/aromatic N) is 2. The van der Waals surface area contributed by atoms with E-state index in [1.807, 2.05) is 25.1 Å². The molecule has 0 atom stereocenters. The summed E-state index contributed by atoms with van der Waals surface area (Å²) in [6, 6.07) is 8.00. The average molecular weight is 321 g/mol. The van der Waals surface area contributed by atoms with Gasteiger partial charge < -0.3 is 0 Å². The highest BCUT2D eigenvalue weighted by molar-refractivity contribution is 9.10. The molecule has 2 aromatic rings. The van der Waals surface area contributed by atoms with E-state index in [9.17, 15) is 4.79 Å². The molecule has 100 valence electrons. The van der Waals surface area contributed by atoms with Crippen LogP contribution in [0.5, 0.6) is 0 Å². The van der Waals surface area contributed by atoms with Crippen LogP contribution in [0.1, 0.15) is 37.9 Å². The third-order valence-corrected chi connectivity index (χ3v) is 3.94. The molecule has 3 nitrogen and oxygen atoms in total. The molecular formula is C15H17BrN2O. The quantitative estimate of drug-likeness (QED) is 0.864. The number of rotatable bonds is 3. The highest BCUT2D eigenvalue weighted by atomic mass is 79.9. The molecule has 0 radical (unpaired) electrons. The smallest absolute Gasteiger partial charge is 0.268 e. The molecular weight excluding hydrogens is 304 g/mol. The summed E-state index contributed by atoms with van der Waals surface area (Å²) in [4.78, 5) is 16.6. The lowest BCUT2D eigenvalue weighted by Gasteiger charge is -2.11. The summed E-state index contributed by atoms with van der Waals surface area (Å²) < 4.78 is 2.13. The number of hydrogen-bond donors (Lipinski definition) is 0. The fraction of sp³-hybridized carbons (Fsp3) is 0.333. The van der Waals surface area contributed by atoms with Gasteiger partial charge in [0.05, 0.1) is 11.4 Å². The van der Waals surface area contributed by atoms with E-state index in [0.29, 0.717) is 10.4 Å². The minimum Gasteiger partial charge on any atom is -0.268 e. The Kier molecular flexibility index (Phi) is 4.20. The Bertz CT molecular complexity index is 647. The zero-order chi connectivity index (χ0) is 14.0. The van der Waals surface area contributed by atoms with Crippen LogP contribution in [0.15, 0.2) is 39.9 Å². The van der Waals surface area contributed by atoms with Crippen molar-refractivity contribution in [2.75, 3.05) is 0 Å². The zero-order valence-corrected chi connectivity index (χ0v) is 12.9. The molecule has 0 unspecified atom stereocenters. The van der Waals surface area contributed by atoms with Gasteiger partial charge in [-0.2, -0.15) is 0 Å². The van der Waals surface area contributed by atoms with Crippen LogP contribution in [-0.4, -0.2) is 9.55 Å². The van der Waals surface area contributed by atoms with E-state index in [1.165, 1.54) is 5.56 Å². The summed E-state index contributed by atoms with van der Waals surface area (Å²) in [5.41, 5.74) is 2.79. The lowest BCUT2D eigenvalue weighted by molar-refractivity contribution is 0.847. The molecule has 4 heteroatoms. The first kappa shape index (κ1) is 14.0. The predicted octanol–water partition coefficient (Wildman–Crippen LogP) is 3.68. The second-order valence-corrected chi connectivity index (χ2v) is 5.58. The Balaban J connectivity index is 2.57. The Morgan fingerprint density at radius 3 is 2.74 bits per heavy atom. The van der Waals surface area contributed by atoms with E-state index in [1.54, 1.807) is 10.9 Å². The second kappa shape index (κ2) is 5.70.